The number of nitrogens with zero attached hydrogens (tertiary/aromatic N) is 4. The monoisotopic (exact) mass is 533 g/mol. The zero-order chi connectivity index (χ0) is 28.2. The number of aromatic nitrogens is 2. The maximum absolute atomic E-state index is 13.5. The van der Waals surface area contributed by atoms with Crippen molar-refractivity contribution in [3.05, 3.63) is 74.5 Å². The number of aromatic amines is 1. The Morgan fingerprint density at radius 1 is 1.15 bits per heavy atom. The second-order valence-corrected chi connectivity index (χ2v) is 9.95. The van der Waals surface area contributed by atoms with E-state index in [2.05, 4.69) is 6.58 Å². The lowest BCUT2D eigenvalue weighted by atomic mass is 9.68. The topological polar surface area (TPSA) is 153 Å². The van der Waals surface area contributed by atoms with Crippen LogP contribution in [0, 0.1) is 5.41 Å². The van der Waals surface area contributed by atoms with E-state index in [0.717, 1.165) is 32.6 Å². The second-order valence-electron chi connectivity index (χ2n) is 9.95. The van der Waals surface area contributed by atoms with Gasteiger partial charge in [0.1, 0.15) is 5.56 Å². The smallest absolute Gasteiger partial charge is 0.332 e. The molecule has 0 aliphatic carbocycles. The summed E-state index contributed by atoms with van der Waals surface area (Å²) in [5.74, 6) is -2.64. The molecule has 2 N–H and O–H groups in total. The van der Waals surface area contributed by atoms with Crippen molar-refractivity contribution in [2.24, 2.45) is 5.41 Å². The number of carbonyl (C=O) groups excluding carboxylic acids is 4. The molecule has 1 aromatic heterocycles. The summed E-state index contributed by atoms with van der Waals surface area (Å²) in [6.45, 7) is 4.03. The maximum atomic E-state index is 13.5. The van der Waals surface area contributed by atoms with E-state index in [1.165, 1.54) is 26.2 Å². The number of ketones is 1. The van der Waals surface area contributed by atoms with Crippen molar-refractivity contribution in [2.45, 2.75) is 31.8 Å². The van der Waals surface area contributed by atoms with Crippen LogP contribution in [-0.2, 0) is 22.6 Å². The van der Waals surface area contributed by atoms with Gasteiger partial charge in [0.05, 0.1) is 6.04 Å². The molecule has 12 heteroatoms. The molecular formula is C27H27N5O7. The van der Waals surface area contributed by atoms with E-state index in [-0.39, 0.29) is 19.0 Å². The third-order valence-electron chi connectivity index (χ3n) is 7.81. The molecule has 3 aliphatic heterocycles. The number of allylic oxidation sites excluding steroid dienone is 2. The lowest BCUT2D eigenvalue weighted by Crippen LogP contribution is -2.70. The van der Waals surface area contributed by atoms with Crippen LogP contribution in [0.5, 0.6) is 5.88 Å². The summed E-state index contributed by atoms with van der Waals surface area (Å²) >= 11 is 0. The number of amides is 4. The van der Waals surface area contributed by atoms with E-state index in [1.807, 2.05) is 16.0 Å². The van der Waals surface area contributed by atoms with Gasteiger partial charge in [-0.1, -0.05) is 18.2 Å². The van der Waals surface area contributed by atoms with Crippen LogP contribution in [0.4, 0.5) is 10.5 Å². The van der Waals surface area contributed by atoms with Crippen molar-refractivity contribution < 1.29 is 24.3 Å². The van der Waals surface area contributed by atoms with E-state index < -0.39 is 51.7 Å². The van der Waals surface area contributed by atoms with Crippen molar-refractivity contribution >= 4 is 35.4 Å². The number of barbiturate groups is 1. The molecule has 2 fully saturated rings. The second kappa shape index (κ2) is 9.22. The fourth-order valence-electron chi connectivity index (χ4n) is 5.98. The average Bonchev–Trinajstić information content (AvgIpc) is 3.41. The lowest BCUT2D eigenvalue weighted by Gasteiger charge is -2.50. The number of imide groups is 2. The lowest BCUT2D eigenvalue weighted by molar-refractivity contribution is -0.159. The minimum Gasteiger partial charge on any atom is -0.494 e. The Hall–Kier alpha value is -4.74. The zero-order valence-electron chi connectivity index (χ0n) is 21.5. The van der Waals surface area contributed by atoms with Crippen LogP contribution in [0.2, 0.25) is 0 Å². The number of urea groups is 1. The number of hydrogen-bond donors (Lipinski definition) is 2. The van der Waals surface area contributed by atoms with Gasteiger partial charge >= 0.3 is 11.7 Å². The zero-order valence-corrected chi connectivity index (χ0v) is 21.5. The van der Waals surface area contributed by atoms with Gasteiger partial charge in [-0.25, -0.2) is 9.59 Å². The minimum atomic E-state index is -1.45. The molecule has 2 saturated heterocycles. The van der Waals surface area contributed by atoms with Crippen molar-refractivity contribution in [2.75, 3.05) is 25.5 Å². The van der Waals surface area contributed by atoms with Gasteiger partial charge in [0.2, 0.25) is 17.7 Å². The molecule has 202 valence electrons. The van der Waals surface area contributed by atoms with E-state index in [1.54, 1.807) is 12.1 Å². The molecular weight excluding hydrogens is 506 g/mol. The third kappa shape index (κ3) is 3.74. The van der Waals surface area contributed by atoms with Gasteiger partial charge in [0, 0.05) is 32.9 Å². The van der Waals surface area contributed by atoms with Gasteiger partial charge in [-0.3, -0.25) is 38.5 Å². The van der Waals surface area contributed by atoms with Gasteiger partial charge in [0.15, 0.2) is 11.2 Å². The largest absolute Gasteiger partial charge is 0.494 e. The van der Waals surface area contributed by atoms with Crippen LogP contribution >= 0.6 is 0 Å². The molecule has 39 heavy (non-hydrogen) atoms. The molecule has 5 rings (SSSR count). The summed E-state index contributed by atoms with van der Waals surface area (Å²) in [5.41, 5.74) is -1.78. The van der Waals surface area contributed by atoms with Gasteiger partial charge in [-0.05, 0) is 48.6 Å². The van der Waals surface area contributed by atoms with Crippen molar-refractivity contribution in [3.8, 4) is 5.88 Å². The Labute approximate surface area is 222 Å². The molecule has 12 nitrogen and oxygen atoms in total. The number of aromatic hydroxyl groups is 1. The minimum absolute atomic E-state index is 0.0890. The summed E-state index contributed by atoms with van der Waals surface area (Å²) in [6, 6.07) is 4.33. The first-order valence-electron chi connectivity index (χ1n) is 12.4. The molecule has 0 bridgehead atoms. The summed E-state index contributed by atoms with van der Waals surface area (Å²) < 4.78 is 0.817. The highest BCUT2D eigenvalue weighted by molar-refractivity contribution is 6.20. The highest BCUT2D eigenvalue weighted by Crippen LogP contribution is 2.49. The number of anilines is 1. The first-order valence-corrected chi connectivity index (χ1v) is 12.4. The number of carbonyl (C=O) groups is 4. The predicted molar refractivity (Wildman–Crippen MR) is 140 cm³/mol. The van der Waals surface area contributed by atoms with Gasteiger partial charge in [-0.15, -0.1) is 6.58 Å². The summed E-state index contributed by atoms with van der Waals surface area (Å²) in [4.78, 5) is 82.6. The fraction of sp³-hybridized carbons (Fsp3) is 0.333. The molecule has 1 spiro atoms. The summed E-state index contributed by atoms with van der Waals surface area (Å²) in [7, 11) is 2.76. The van der Waals surface area contributed by atoms with Crippen molar-refractivity contribution in [1.29, 1.82) is 0 Å². The Morgan fingerprint density at radius 3 is 2.51 bits per heavy atom. The van der Waals surface area contributed by atoms with Crippen LogP contribution in [0.15, 0.2) is 46.5 Å². The van der Waals surface area contributed by atoms with Crippen LogP contribution in [0.3, 0.4) is 0 Å². The Balaban J connectivity index is 1.52. The van der Waals surface area contributed by atoms with Gasteiger partial charge in [0.25, 0.3) is 5.56 Å². The number of rotatable bonds is 5. The number of benzene rings is 1. The molecule has 1 atom stereocenters. The first kappa shape index (κ1) is 25.9. The Bertz CT molecular complexity index is 1580. The highest BCUT2D eigenvalue weighted by atomic mass is 16.3. The normalized spacial score (nSPS) is 20.1. The quantitative estimate of drug-likeness (QED) is 0.249. The van der Waals surface area contributed by atoms with Crippen molar-refractivity contribution in [1.82, 2.24) is 19.4 Å². The third-order valence-corrected chi connectivity index (χ3v) is 7.81. The fourth-order valence-corrected chi connectivity index (χ4v) is 5.98. The van der Waals surface area contributed by atoms with E-state index in [9.17, 15) is 33.9 Å². The maximum Gasteiger partial charge on any atom is 0.332 e. The highest BCUT2D eigenvalue weighted by Gasteiger charge is 2.63. The van der Waals surface area contributed by atoms with E-state index >= 15 is 0 Å². The Morgan fingerprint density at radius 2 is 1.85 bits per heavy atom. The van der Waals surface area contributed by atoms with Crippen LogP contribution < -0.4 is 16.1 Å². The number of hydrogen-bond acceptors (Lipinski definition) is 8. The number of nitrogens with one attached hydrogen (secondary N) is 1. The predicted octanol–water partition coefficient (Wildman–Crippen LogP) is 0.886. The molecule has 0 radical (unpaired) electrons. The SMILES string of the molecule is C=CCn1c(O)c(C(=O)C=Cc2ccc3c(c2)CC2(C(=O)N(C)C(=O)N(C)C2=O)C2CCCN32)c(=O)[nH]c1=O. The molecule has 4 heterocycles. The Kier molecular flexibility index (Phi) is 6.12. The summed E-state index contributed by atoms with van der Waals surface area (Å²) in [6.07, 6.45) is 5.39. The average molecular weight is 534 g/mol. The molecule has 1 aromatic carbocycles. The molecule has 1 unspecified atom stereocenters. The van der Waals surface area contributed by atoms with Crippen molar-refractivity contribution in [3.63, 3.8) is 0 Å². The molecule has 3 aliphatic rings. The van der Waals surface area contributed by atoms with Crippen LogP contribution in [-0.4, -0.2) is 74.8 Å². The van der Waals surface area contributed by atoms with E-state index in [4.69, 9.17) is 0 Å². The number of H-pyrrole nitrogens is 1. The van der Waals surface area contributed by atoms with Crippen LogP contribution in [0.1, 0.15) is 34.3 Å². The first-order chi connectivity index (χ1) is 18.5. The van der Waals surface area contributed by atoms with E-state index in [0.29, 0.717) is 24.1 Å². The molecule has 0 saturated carbocycles. The van der Waals surface area contributed by atoms with Gasteiger partial charge in [-0.2, -0.15) is 0 Å². The van der Waals surface area contributed by atoms with Gasteiger partial charge < -0.3 is 10.0 Å². The molecule has 2 aromatic rings. The molecule has 4 amide bonds. The van der Waals surface area contributed by atoms with Crippen LogP contribution in [0.25, 0.3) is 6.08 Å². The standard InChI is InChI=1S/C27H27N5O7/c1-4-11-32-22(35)20(21(34)28-25(32)38)18(33)10-8-15-7-9-17-16(13-15)14-27(19-6-5-12-31(17)19)23(36)29(2)26(39)30(3)24(27)37/h4,7-10,13,19,35H,1,5-6,11-12,14H2,2-3H3,(H,28,34,38). The number of fused-ring (bicyclic) bond motifs is 4. The summed E-state index contributed by atoms with van der Waals surface area (Å²) in [5, 5.41) is 10.4.